The van der Waals surface area contributed by atoms with E-state index in [1.54, 1.807) is 18.2 Å². The molecule has 4 N–H and O–H groups in total. The SMILES string of the molecule is NC(=O)c1ccc2c(c1)[C@@H]1CCC[C@@H]1[C@H](c1ccc(C(=O)O)cc1)N2. The third-order valence-corrected chi connectivity index (χ3v) is 5.56. The lowest BCUT2D eigenvalue weighted by Crippen LogP contribution is -2.29. The van der Waals surface area contributed by atoms with Crippen molar-refractivity contribution in [3.05, 3.63) is 64.7 Å². The molecule has 1 aliphatic carbocycles. The summed E-state index contributed by atoms with van der Waals surface area (Å²) in [5, 5.41) is 12.7. The molecule has 1 fully saturated rings. The Hall–Kier alpha value is -2.82. The molecule has 1 aliphatic heterocycles. The molecule has 2 aromatic carbocycles. The van der Waals surface area contributed by atoms with Gasteiger partial charge in [-0.3, -0.25) is 4.79 Å². The van der Waals surface area contributed by atoms with Crippen molar-refractivity contribution in [2.75, 3.05) is 5.32 Å². The molecule has 2 aromatic rings. The van der Waals surface area contributed by atoms with E-state index in [0.29, 0.717) is 23.0 Å². The van der Waals surface area contributed by atoms with Crippen LogP contribution in [0.3, 0.4) is 0 Å². The number of nitrogens with two attached hydrogens (primary N) is 1. The summed E-state index contributed by atoms with van der Waals surface area (Å²) in [6, 6.07) is 12.9. The number of carbonyl (C=O) groups is 2. The standard InChI is InChI=1S/C20H20N2O3/c21-19(23)13-8-9-17-16(10-13)14-2-1-3-15(14)18(22-17)11-4-6-12(7-5-11)20(24)25/h4-10,14-15,18,22H,1-3H2,(H2,21,23)(H,24,25)/t14-,15+,18+/m1/s1. The van der Waals surface area contributed by atoms with Gasteiger partial charge in [-0.25, -0.2) is 4.79 Å². The van der Waals surface area contributed by atoms with Crippen LogP contribution in [0.4, 0.5) is 5.69 Å². The number of carboxylic acid groups (broad SMARTS) is 1. The minimum absolute atomic E-state index is 0.155. The summed E-state index contributed by atoms with van der Waals surface area (Å²) in [6.45, 7) is 0. The first-order valence-corrected chi connectivity index (χ1v) is 8.58. The largest absolute Gasteiger partial charge is 0.478 e. The van der Waals surface area contributed by atoms with Crippen molar-refractivity contribution < 1.29 is 14.7 Å². The van der Waals surface area contributed by atoms with E-state index in [1.807, 2.05) is 24.3 Å². The highest BCUT2D eigenvalue weighted by Crippen LogP contribution is 2.52. The minimum Gasteiger partial charge on any atom is -0.478 e. The summed E-state index contributed by atoms with van der Waals surface area (Å²) in [6.07, 6.45) is 3.37. The Morgan fingerprint density at radius 1 is 1.04 bits per heavy atom. The van der Waals surface area contributed by atoms with E-state index < -0.39 is 11.9 Å². The molecule has 0 radical (unpaired) electrons. The van der Waals surface area contributed by atoms with Crippen LogP contribution in [0.1, 0.15) is 63.1 Å². The molecule has 2 aliphatic rings. The second kappa shape index (κ2) is 5.92. The number of amides is 1. The van der Waals surface area contributed by atoms with Gasteiger partial charge >= 0.3 is 5.97 Å². The van der Waals surface area contributed by atoms with Crippen molar-refractivity contribution in [1.29, 1.82) is 0 Å². The second-order valence-corrected chi connectivity index (χ2v) is 6.92. The molecule has 0 aromatic heterocycles. The summed E-state index contributed by atoms with van der Waals surface area (Å²) in [7, 11) is 0. The minimum atomic E-state index is -0.911. The molecule has 0 unspecified atom stereocenters. The summed E-state index contributed by atoms with van der Waals surface area (Å²) in [5.74, 6) is -0.471. The third kappa shape index (κ3) is 2.65. The van der Waals surface area contributed by atoms with Crippen molar-refractivity contribution in [2.24, 2.45) is 11.7 Å². The number of nitrogens with one attached hydrogen (secondary N) is 1. The van der Waals surface area contributed by atoms with Crippen molar-refractivity contribution in [1.82, 2.24) is 0 Å². The Balaban J connectivity index is 1.72. The Labute approximate surface area is 145 Å². The van der Waals surface area contributed by atoms with Crippen molar-refractivity contribution in [3.8, 4) is 0 Å². The average Bonchev–Trinajstić information content (AvgIpc) is 3.10. The van der Waals surface area contributed by atoms with Gasteiger partial charge in [0.05, 0.1) is 11.6 Å². The maximum absolute atomic E-state index is 11.5. The number of fused-ring (bicyclic) bond motifs is 3. The molecule has 5 nitrogen and oxygen atoms in total. The monoisotopic (exact) mass is 336 g/mol. The van der Waals surface area contributed by atoms with E-state index in [1.165, 1.54) is 5.56 Å². The lowest BCUT2D eigenvalue weighted by Gasteiger charge is -2.38. The van der Waals surface area contributed by atoms with E-state index >= 15 is 0 Å². The molecule has 128 valence electrons. The van der Waals surface area contributed by atoms with Gasteiger partial charge in [-0.05, 0) is 66.1 Å². The van der Waals surface area contributed by atoms with Gasteiger partial charge in [-0.1, -0.05) is 18.6 Å². The van der Waals surface area contributed by atoms with Crippen LogP contribution in [-0.2, 0) is 0 Å². The highest BCUT2D eigenvalue weighted by Gasteiger charge is 2.40. The van der Waals surface area contributed by atoms with Gasteiger partial charge < -0.3 is 16.2 Å². The second-order valence-electron chi connectivity index (χ2n) is 6.92. The summed E-state index contributed by atoms with van der Waals surface area (Å²) in [5.41, 5.74) is 9.61. The van der Waals surface area contributed by atoms with Gasteiger partial charge in [0, 0.05) is 11.3 Å². The van der Waals surface area contributed by atoms with E-state index in [9.17, 15) is 9.59 Å². The first kappa shape index (κ1) is 15.7. The molecule has 25 heavy (non-hydrogen) atoms. The number of aromatic carboxylic acids is 1. The van der Waals surface area contributed by atoms with Crippen LogP contribution in [0.15, 0.2) is 42.5 Å². The number of primary amides is 1. The lowest BCUT2D eigenvalue weighted by molar-refractivity contribution is 0.0696. The number of hydrogen-bond donors (Lipinski definition) is 3. The quantitative estimate of drug-likeness (QED) is 0.799. The number of rotatable bonds is 3. The predicted octanol–water partition coefficient (Wildman–Crippen LogP) is 3.53. The molecular weight excluding hydrogens is 316 g/mol. The number of hydrogen-bond acceptors (Lipinski definition) is 3. The summed E-state index contributed by atoms with van der Waals surface area (Å²) < 4.78 is 0. The fourth-order valence-electron chi connectivity index (χ4n) is 4.37. The van der Waals surface area contributed by atoms with Gasteiger partial charge in [0.2, 0.25) is 5.91 Å². The van der Waals surface area contributed by atoms with Gasteiger partial charge in [-0.2, -0.15) is 0 Å². The molecule has 1 heterocycles. The number of carboxylic acids is 1. The summed E-state index contributed by atoms with van der Waals surface area (Å²) >= 11 is 0. The van der Waals surface area contributed by atoms with Gasteiger partial charge in [0.15, 0.2) is 0 Å². The number of anilines is 1. The van der Waals surface area contributed by atoms with E-state index in [2.05, 4.69) is 5.32 Å². The Kier molecular flexibility index (Phi) is 3.71. The van der Waals surface area contributed by atoms with Crippen LogP contribution in [0.2, 0.25) is 0 Å². The smallest absolute Gasteiger partial charge is 0.335 e. The molecule has 1 saturated carbocycles. The summed E-state index contributed by atoms with van der Waals surface area (Å²) in [4.78, 5) is 22.6. The Morgan fingerprint density at radius 2 is 1.76 bits per heavy atom. The van der Waals surface area contributed by atoms with Crippen LogP contribution in [0, 0.1) is 5.92 Å². The lowest BCUT2D eigenvalue weighted by atomic mass is 9.77. The van der Waals surface area contributed by atoms with E-state index in [-0.39, 0.29) is 6.04 Å². The van der Waals surface area contributed by atoms with Crippen LogP contribution >= 0.6 is 0 Å². The Bertz CT molecular complexity index is 845. The molecule has 0 saturated heterocycles. The number of carbonyl (C=O) groups excluding carboxylic acids is 1. The molecule has 4 rings (SSSR count). The van der Waals surface area contributed by atoms with Crippen LogP contribution in [0.25, 0.3) is 0 Å². The molecule has 3 atom stereocenters. The topological polar surface area (TPSA) is 92.4 Å². The highest BCUT2D eigenvalue weighted by atomic mass is 16.4. The molecule has 5 heteroatoms. The zero-order chi connectivity index (χ0) is 17.6. The highest BCUT2D eigenvalue weighted by molar-refractivity contribution is 5.93. The maximum Gasteiger partial charge on any atom is 0.335 e. The number of benzene rings is 2. The average molecular weight is 336 g/mol. The zero-order valence-electron chi connectivity index (χ0n) is 13.7. The molecule has 0 spiro atoms. The maximum atomic E-state index is 11.5. The first-order chi connectivity index (χ1) is 12.0. The predicted molar refractivity (Wildman–Crippen MR) is 94.8 cm³/mol. The fourth-order valence-corrected chi connectivity index (χ4v) is 4.37. The first-order valence-electron chi connectivity index (χ1n) is 8.58. The third-order valence-electron chi connectivity index (χ3n) is 5.56. The van der Waals surface area contributed by atoms with Crippen LogP contribution < -0.4 is 11.1 Å². The van der Waals surface area contributed by atoms with E-state index in [4.69, 9.17) is 10.8 Å². The van der Waals surface area contributed by atoms with Gasteiger partial charge in [0.25, 0.3) is 0 Å². The van der Waals surface area contributed by atoms with Crippen molar-refractivity contribution >= 4 is 17.6 Å². The fraction of sp³-hybridized carbons (Fsp3) is 0.300. The van der Waals surface area contributed by atoms with Crippen molar-refractivity contribution in [3.63, 3.8) is 0 Å². The van der Waals surface area contributed by atoms with Crippen LogP contribution in [0.5, 0.6) is 0 Å². The molecule has 0 bridgehead atoms. The van der Waals surface area contributed by atoms with Crippen molar-refractivity contribution in [2.45, 2.75) is 31.2 Å². The van der Waals surface area contributed by atoms with Gasteiger partial charge in [0.1, 0.15) is 0 Å². The van der Waals surface area contributed by atoms with Gasteiger partial charge in [-0.15, -0.1) is 0 Å². The normalized spacial score (nSPS) is 24.1. The van der Waals surface area contributed by atoms with E-state index in [0.717, 1.165) is 30.5 Å². The zero-order valence-corrected chi connectivity index (χ0v) is 13.7. The van der Waals surface area contributed by atoms with Crippen LogP contribution in [-0.4, -0.2) is 17.0 Å². The Morgan fingerprint density at radius 3 is 2.44 bits per heavy atom. The molecule has 1 amide bonds. The molecular formula is C20H20N2O3.